The van der Waals surface area contributed by atoms with Crippen LogP contribution in [-0.2, 0) is 6.18 Å². The van der Waals surface area contributed by atoms with Crippen molar-refractivity contribution in [2.75, 3.05) is 18.0 Å². The van der Waals surface area contributed by atoms with Gasteiger partial charge in [-0.05, 0) is 43.0 Å². The van der Waals surface area contributed by atoms with Crippen LogP contribution in [0.15, 0.2) is 30.5 Å². The van der Waals surface area contributed by atoms with Gasteiger partial charge in [-0.2, -0.15) is 18.3 Å². The fourth-order valence-corrected chi connectivity index (χ4v) is 4.13. The quantitative estimate of drug-likeness (QED) is 0.660. The molecule has 0 amide bonds. The van der Waals surface area contributed by atoms with E-state index < -0.39 is 17.8 Å². The number of nitrogens with one attached hydrogen (secondary N) is 1. The Morgan fingerprint density at radius 2 is 2.03 bits per heavy atom. The second-order valence-corrected chi connectivity index (χ2v) is 8.23. The minimum Gasteiger partial charge on any atom is -0.393 e. The first-order valence-electron chi connectivity index (χ1n) is 10.0. The standard InChI is InChI=1S/C21H24F3N5O/c1-12(2)10-13-11-29(9-7-16(13)30)17-6-5-15(21(22,23)24)19(26-17)18-14-4-3-8-25-20(14)28-27-18/h3-6,8,12-13,16,30H,7,9-11H2,1-2H3,(H,25,27,28)/t13-,16-/m1/s1. The molecule has 0 bridgehead atoms. The van der Waals surface area contributed by atoms with Gasteiger partial charge in [-0.15, -0.1) is 0 Å². The SMILES string of the molecule is CC(C)C[C@@H]1CN(c2ccc(C(F)(F)F)c(-c3n[nH]c4ncccc34)n2)CC[C@H]1O. The van der Waals surface area contributed by atoms with Crippen LogP contribution in [0.2, 0.25) is 0 Å². The van der Waals surface area contributed by atoms with Crippen LogP contribution in [0.4, 0.5) is 19.0 Å². The molecule has 1 aliphatic heterocycles. The van der Waals surface area contributed by atoms with Crippen molar-refractivity contribution in [2.45, 2.75) is 39.0 Å². The molecule has 1 aliphatic rings. The zero-order valence-electron chi connectivity index (χ0n) is 16.8. The molecule has 30 heavy (non-hydrogen) atoms. The van der Waals surface area contributed by atoms with E-state index in [4.69, 9.17) is 0 Å². The summed E-state index contributed by atoms with van der Waals surface area (Å²) >= 11 is 0. The molecule has 160 valence electrons. The lowest BCUT2D eigenvalue weighted by Crippen LogP contribution is -2.44. The summed E-state index contributed by atoms with van der Waals surface area (Å²) in [7, 11) is 0. The van der Waals surface area contributed by atoms with Gasteiger partial charge in [0, 0.05) is 30.6 Å². The average molecular weight is 419 g/mol. The Bertz CT molecular complexity index is 1030. The molecule has 0 saturated carbocycles. The number of aromatic nitrogens is 4. The fraction of sp³-hybridized carbons (Fsp3) is 0.476. The highest BCUT2D eigenvalue weighted by molar-refractivity contribution is 5.90. The smallest absolute Gasteiger partial charge is 0.393 e. The van der Waals surface area contributed by atoms with E-state index in [2.05, 4.69) is 34.0 Å². The van der Waals surface area contributed by atoms with Gasteiger partial charge < -0.3 is 10.0 Å². The number of aliphatic hydroxyl groups excluding tert-OH is 1. The lowest BCUT2D eigenvalue weighted by atomic mass is 9.87. The number of halogens is 3. The summed E-state index contributed by atoms with van der Waals surface area (Å²) in [5, 5.41) is 17.6. The van der Waals surface area contributed by atoms with E-state index in [9.17, 15) is 18.3 Å². The molecule has 0 radical (unpaired) electrons. The molecule has 2 atom stereocenters. The summed E-state index contributed by atoms with van der Waals surface area (Å²) in [6.07, 6.45) is -2.01. The van der Waals surface area contributed by atoms with Crippen LogP contribution >= 0.6 is 0 Å². The van der Waals surface area contributed by atoms with Crippen LogP contribution in [0.1, 0.15) is 32.3 Å². The Hall–Kier alpha value is -2.68. The molecule has 0 aromatic carbocycles. The van der Waals surface area contributed by atoms with Crippen molar-refractivity contribution in [3.8, 4) is 11.4 Å². The minimum absolute atomic E-state index is 0.0571. The molecular weight excluding hydrogens is 395 g/mol. The Morgan fingerprint density at radius 1 is 1.23 bits per heavy atom. The first-order chi connectivity index (χ1) is 14.2. The molecular formula is C21H24F3N5O. The zero-order chi connectivity index (χ0) is 21.5. The van der Waals surface area contributed by atoms with Gasteiger partial charge >= 0.3 is 6.18 Å². The van der Waals surface area contributed by atoms with Crippen molar-refractivity contribution >= 4 is 16.9 Å². The highest BCUT2D eigenvalue weighted by atomic mass is 19.4. The summed E-state index contributed by atoms with van der Waals surface area (Å²) < 4.78 is 41.2. The number of alkyl halides is 3. The normalized spacial score (nSPS) is 20.3. The summed E-state index contributed by atoms with van der Waals surface area (Å²) in [6, 6.07) is 5.80. The summed E-state index contributed by atoms with van der Waals surface area (Å²) in [4.78, 5) is 10.5. The number of rotatable bonds is 4. The van der Waals surface area contributed by atoms with Gasteiger partial charge in [-0.3, -0.25) is 5.10 Å². The maximum Gasteiger partial charge on any atom is 0.418 e. The Kier molecular flexibility index (Phi) is 5.40. The molecule has 3 aromatic rings. The first-order valence-corrected chi connectivity index (χ1v) is 10.0. The highest BCUT2D eigenvalue weighted by Crippen LogP contribution is 2.39. The molecule has 0 spiro atoms. The van der Waals surface area contributed by atoms with E-state index >= 15 is 0 Å². The number of aromatic amines is 1. The number of pyridine rings is 2. The number of hydrogen-bond acceptors (Lipinski definition) is 5. The number of anilines is 1. The predicted molar refractivity (Wildman–Crippen MR) is 108 cm³/mol. The largest absolute Gasteiger partial charge is 0.418 e. The maximum atomic E-state index is 13.7. The van der Waals surface area contributed by atoms with E-state index in [0.717, 1.165) is 12.5 Å². The maximum absolute atomic E-state index is 13.7. The Labute approximate surface area is 172 Å². The van der Waals surface area contributed by atoms with E-state index in [1.54, 1.807) is 18.3 Å². The number of hydrogen-bond donors (Lipinski definition) is 2. The van der Waals surface area contributed by atoms with Crippen molar-refractivity contribution in [1.82, 2.24) is 20.2 Å². The van der Waals surface area contributed by atoms with Crippen molar-refractivity contribution in [3.05, 3.63) is 36.0 Å². The highest BCUT2D eigenvalue weighted by Gasteiger charge is 2.37. The minimum atomic E-state index is -4.56. The third-order valence-electron chi connectivity index (χ3n) is 5.54. The van der Waals surface area contributed by atoms with Crippen LogP contribution in [0, 0.1) is 11.8 Å². The average Bonchev–Trinajstić information content (AvgIpc) is 3.12. The summed E-state index contributed by atoms with van der Waals surface area (Å²) in [6.45, 7) is 5.28. The van der Waals surface area contributed by atoms with Crippen LogP contribution < -0.4 is 4.90 Å². The van der Waals surface area contributed by atoms with Gasteiger partial charge in [-0.1, -0.05) is 13.8 Å². The van der Waals surface area contributed by atoms with Gasteiger partial charge in [0.05, 0.1) is 11.7 Å². The number of fused-ring (bicyclic) bond motifs is 1. The summed E-state index contributed by atoms with van der Waals surface area (Å²) in [5.41, 5.74) is -0.515. The number of aliphatic hydroxyl groups is 1. The van der Waals surface area contributed by atoms with Crippen molar-refractivity contribution in [2.24, 2.45) is 11.8 Å². The predicted octanol–water partition coefficient (Wildman–Crippen LogP) is 4.27. The number of H-pyrrole nitrogens is 1. The van der Waals surface area contributed by atoms with Crippen molar-refractivity contribution in [3.63, 3.8) is 0 Å². The van der Waals surface area contributed by atoms with Gasteiger partial charge in [-0.25, -0.2) is 9.97 Å². The van der Waals surface area contributed by atoms with Gasteiger partial charge in [0.15, 0.2) is 5.65 Å². The molecule has 3 aromatic heterocycles. The molecule has 1 saturated heterocycles. The fourth-order valence-electron chi connectivity index (χ4n) is 4.13. The molecule has 6 nitrogen and oxygen atoms in total. The molecule has 2 N–H and O–H groups in total. The van der Waals surface area contributed by atoms with Crippen LogP contribution in [0.25, 0.3) is 22.4 Å². The monoisotopic (exact) mass is 419 g/mol. The Balaban J connectivity index is 1.76. The van der Waals surface area contributed by atoms with Gasteiger partial charge in [0.1, 0.15) is 17.2 Å². The topological polar surface area (TPSA) is 77.9 Å². The van der Waals surface area contributed by atoms with Crippen molar-refractivity contribution in [1.29, 1.82) is 0 Å². The third-order valence-corrected chi connectivity index (χ3v) is 5.54. The second kappa shape index (κ2) is 7.86. The molecule has 4 rings (SSSR count). The second-order valence-electron chi connectivity index (χ2n) is 8.23. The summed E-state index contributed by atoms with van der Waals surface area (Å²) in [5.74, 6) is 0.934. The lowest BCUT2D eigenvalue weighted by Gasteiger charge is -2.38. The first kappa shape index (κ1) is 20.6. The van der Waals surface area contributed by atoms with E-state index in [-0.39, 0.29) is 17.3 Å². The Morgan fingerprint density at radius 3 is 2.77 bits per heavy atom. The van der Waals surface area contributed by atoms with Crippen molar-refractivity contribution < 1.29 is 18.3 Å². The molecule has 9 heteroatoms. The van der Waals surface area contributed by atoms with Gasteiger partial charge in [0.2, 0.25) is 0 Å². The van der Waals surface area contributed by atoms with E-state index in [0.29, 0.717) is 42.3 Å². The van der Waals surface area contributed by atoms with E-state index in [1.807, 2.05) is 4.90 Å². The zero-order valence-corrected chi connectivity index (χ0v) is 16.8. The molecule has 1 fully saturated rings. The molecule has 0 aliphatic carbocycles. The van der Waals surface area contributed by atoms with Crippen LogP contribution in [0.3, 0.4) is 0 Å². The van der Waals surface area contributed by atoms with Crippen LogP contribution in [0.5, 0.6) is 0 Å². The lowest BCUT2D eigenvalue weighted by molar-refractivity contribution is -0.137. The van der Waals surface area contributed by atoms with Gasteiger partial charge in [0.25, 0.3) is 0 Å². The van der Waals surface area contributed by atoms with Crippen LogP contribution in [-0.4, -0.2) is 44.5 Å². The number of nitrogens with zero attached hydrogens (tertiary/aromatic N) is 4. The molecule has 4 heterocycles. The number of piperidine rings is 1. The molecule has 0 unspecified atom stereocenters. The third kappa shape index (κ3) is 3.98. The van der Waals surface area contributed by atoms with E-state index in [1.165, 1.54) is 6.07 Å².